The number of rotatable bonds is 0. The van der Waals surface area contributed by atoms with E-state index in [4.69, 9.17) is 9.47 Å². The van der Waals surface area contributed by atoms with Gasteiger partial charge in [-0.3, -0.25) is 4.79 Å². The maximum atomic E-state index is 12.2. The third-order valence-corrected chi connectivity index (χ3v) is 6.36. The first-order valence-electron chi connectivity index (χ1n) is 5.68. The minimum Gasteiger partial charge on any atom is -0.345 e. The minimum atomic E-state index is -0.664. The van der Waals surface area contributed by atoms with Crippen molar-refractivity contribution < 1.29 is 14.3 Å². The zero-order valence-corrected chi connectivity index (χ0v) is 12.0. The zero-order chi connectivity index (χ0) is 11.8. The molecule has 0 amide bonds. The van der Waals surface area contributed by atoms with E-state index in [2.05, 4.69) is 44.0 Å². The van der Waals surface area contributed by atoms with Gasteiger partial charge in [0.15, 0.2) is 11.6 Å². The Kier molecular flexibility index (Phi) is 2.01. The van der Waals surface area contributed by atoms with E-state index in [1.54, 1.807) is 0 Å². The molecule has 0 N–H and O–H groups in total. The Morgan fingerprint density at radius 2 is 2.00 bits per heavy atom. The van der Waals surface area contributed by atoms with E-state index in [0.717, 1.165) is 0 Å². The van der Waals surface area contributed by atoms with Gasteiger partial charge in [-0.2, -0.15) is 0 Å². The fraction of sp³-hybridized carbons (Fsp3) is 0.583. The lowest BCUT2D eigenvalue weighted by Gasteiger charge is -2.35. The fourth-order valence-electron chi connectivity index (χ4n) is 3.72. The predicted molar refractivity (Wildman–Crippen MR) is 67.9 cm³/mol. The van der Waals surface area contributed by atoms with Gasteiger partial charge in [0, 0.05) is 17.8 Å². The second kappa shape index (κ2) is 3.13. The largest absolute Gasteiger partial charge is 0.345 e. The van der Waals surface area contributed by atoms with Crippen LogP contribution in [0.2, 0.25) is 0 Å². The Bertz CT molecular complexity index is 478. The SMILES string of the molecule is O=C1C(Br)=C[C@H]2[C@H]1[C@H]1C=C[C@]2(Br)C12OCCO2. The lowest BCUT2D eigenvalue weighted by atomic mass is 9.85. The molecule has 0 aromatic rings. The standard InChI is InChI=1S/C12H10Br2O3/c13-8-5-7-9(10(8)15)6-1-2-11(7,14)12(6)16-3-4-17-12/h1-2,5-7,9H,3-4H2/t6-,7+,9-,11-/m1/s1. The van der Waals surface area contributed by atoms with Crippen LogP contribution >= 0.6 is 31.9 Å². The van der Waals surface area contributed by atoms with Gasteiger partial charge in [0.1, 0.15) is 4.32 Å². The number of ether oxygens (including phenoxy) is 2. The van der Waals surface area contributed by atoms with Crippen LogP contribution in [0.5, 0.6) is 0 Å². The van der Waals surface area contributed by atoms with Crippen molar-refractivity contribution in [1.82, 2.24) is 0 Å². The second-order valence-electron chi connectivity index (χ2n) is 4.95. The second-order valence-corrected chi connectivity index (χ2v) is 7.11. The Labute approximate surface area is 115 Å². The van der Waals surface area contributed by atoms with E-state index in [0.29, 0.717) is 17.7 Å². The Morgan fingerprint density at radius 1 is 1.29 bits per heavy atom. The van der Waals surface area contributed by atoms with E-state index in [-0.39, 0.29) is 23.5 Å². The highest BCUT2D eigenvalue weighted by atomic mass is 79.9. The minimum absolute atomic E-state index is 0.0215. The maximum Gasteiger partial charge on any atom is 0.195 e. The number of halogens is 2. The number of alkyl halides is 1. The van der Waals surface area contributed by atoms with Crippen LogP contribution in [0.4, 0.5) is 0 Å². The summed E-state index contributed by atoms with van der Waals surface area (Å²) in [6.07, 6.45) is 6.16. The summed E-state index contributed by atoms with van der Waals surface area (Å²) in [7, 11) is 0. The molecule has 1 spiro atoms. The van der Waals surface area contributed by atoms with Crippen LogP contribution < -0.4 is 0 Å². The Balaban J connectivity index is 1.89. The monoisotopic (exact) mass is 360 g/mol. The van der Waals surface area contributed by atoms with E-state index >= 15 is 0 Å². The molecule has 1 saturated heterocycles. The van der Waals surface area contributed by atoms with Crippen LogP contribution in [0, 0.1) is 17.8 Å². The molecule has 4 aliphatic rings. The van der Waals surface area contributed by atoms with Crippen LogP contribution in [0.15, 0.2) is 22.7 Å². The number of hydrogen-bond donors (Lipinski definition) is 0. The van der Waals surface area contributed by atoms with Crippen LogP contribution in [0.1, 0.15) is 0 Å². The number of fused-ring (bicyclic) bond motifs is 3. The van der Waals surface area contributed by atoms with Gasteiger partial charge >= 0.3 is 0 Å². The van der Waals surface area contributed by atoms with Gasteiger partial charge in [0.05, 0.1) is 17.7 Å². The van der Waals surface area contributed by atoms with E-state index in [1.807, 2.05) is 6.08 Å². The summed E-state index contributed by atoms with van der Waals surface area (Å²) in [4.78, 5) is 12.2. The summed E-state index contributed by atoms with van der Waals surface area (Å²) < 4.78 is 12.1. The first-order valence-corrected chi connectivity index (χ1v) is 7.26. The van der Waals surface area contributed by atoms with Gasteiger partial charge in [0.25, 0.3) is 0 Å². The molecule has 2 fully saturated rings. The van der Waals surface area contributed by atoms with Crippen molar-refractivity contribution in [2.24, 2.45) is 17.8 Å². The summed E-state index contributed by atoms with van der Waals surface area (Å²) >= 11 is 7.12. The quantitative estimate of drug-likeness (QED) is 0.490. The predicted octanol–water partition coefficient (Wildman–Crippen LogP) is 2.16. The van der Waals surface area contributed by atoms with Gasteiger partial charge in [-0.15, -0.1) is 0 Å². The number of ketones is 1. The molecule has 0 aromatic carbocycles. The molecule has 1 heterocycles. The van der Waals surface area contributed by atoms with Gasteiger partial charge in [-0.05, 0) is 15.9 Å². The first-order chi connectivity index (χ1) is 8.10. The van der Waals surface area contributed by atoms with Crippen LogP contribution in [0.3, 0.4) is 0 Å². The van der Waals surface area contributed by atoms with E-state index in [1.165, 1.54) is 0 Å². The van der Waals surface area contributed by atoms with E-state index in [9.17, 15) is 4.79 Å². The molecule has 90 valence electrons. The van der Waals surface area contributed by atoms with Crippen molar-refractivity contribution in [2.45, 2.75) is 10.1 Å². The molecule has 17 heavy (non-hydrogen) atoms. The molecule has 5 heteroatoms. The van der Waals surface area contributed by atoms with Crippen LogP contribution in [-0.4, -0.2) is 29.1 Å². The summed E-state index contributed by atoms with van der Waals surface area (Å²) in [5, 5.41) is 0. The number of allylic oxidation sites excluding steroid dienone is 2. The molecule has 1 saturated carbocycles. The summed E-state index contributed by atoms with van der Waals surface area (Å²) in [5.41, 5.74) is 0. The number of Topliss-reactive ketones (excluding diaryl/α,β-unsaturated/α-hetero) is 1. The molecule has 0 unspecified atom stereocenters. The van der Waals surface area contributed by atoms with Gasteiger partial charge < -0.3 is 9.47 Å². The first kappa shape index (κ1) is 10.9. The highest BCUT2D eigenvalue weighted by Gasteiger charge is 2.75. The average Bonchev–Trinajstić information content (AvgIpc) is 2.99. The number of carbonyl (C=O) groups excluding carboxylic acids is 1. The highest BCUT2D eigenvalue weighted by molar-refractivity contribution is 9.12. The lowest BCUT2D eigenvalue weighted by Crippen LogP contribution is -2.48. The molecule has 3 aliphatic carbocycles. The molecular weight excluding hydrogens is 352 g/mol. The Hall–Kier alpha value is 0.0300. The topological polar surface area (TPSA) is 35.5 Å². The van der Waals surface area contributed by atoms with Crippen molar-refractivity contribution in [3.63, 3.8) is 0 Å². The smallest absolute Gasteiger partial charge is 0.195 e. The molecule has 4 rings (SSSR count). The van der Waals surface area contributed by atoms with Crippen molar-refractivity contribution in [2.75, 3.05) is 13.2 Å². The van der Waals surface area contributed by atoms with Gasteiger partial charge in [-0.25, -0.2) is 0 Å². The molecule has 4 atom stereocenters. The van der Waals surface area contributed by atoms with Crippen LogP contribution in [0.25, 0.3) is 0 Å². The molecule has 0 radical (unpaired) electrons. The molecule has 1 aliphatic heterocycles. The third-order valence-electron chi connectivity index (χ3n) is 4.36. The van der Waals surface area contributed by atoms with E-state index < -0.39 is 10.1 Å². The Morgan fingerprint density at radius 3 is 2.65 bits per heavy atom. The zero-order valence-electron chi connectivity index (χ0n) is 8.86. The van der Waals surface area contributed by atoms with Crippen molar-refractivity contribution in [3.05, 3.63) is 22.7 Å². The normalized spacial score (nSPS) is 49.2. The van der Waals surface area contributed by atoms with Gasteiger partial charge in [0.2, 0.25) is 0 Å². The highest BCUT2D eigenvalue weighted by Crippen LogP contribution is 2.67. The van der Waals surface area contributed by atoms with Crippen LogP contribution in [-0.2, 0) is 14.3 Å². The van der Waals surface area contributed by atoms with Gasteiger partial charge in [-0.1, -0.05) is 34.2 Å². The van der Waals surface area contributed by atoms with Crippen molar-refractivity contribution in [3.8, 4) is 0 Å². The maximum absolute atomic E-state index is 12.2. The summed E-state index contributed by atoms with van der Waals surface area (Å²) in [5.74, 6) is -0.399. The third kappa shape index (κ3) is 1.01. The fourth-order valence-corrected chi connectivity index (χ4v) is 5.33. The average molecular weight is 362 g/mol. The molecular formula is C12H10Br2O3. The van der Waals surface area contributed by atoms with Crippen molar-refractivity contribution in [1.29, 1.82) is 0 Å². The molecule has 3 nitrogen and oxygen atoms in total. The molecule has 2 bridgehead atoms. The summed E-state index contributed by atoms with van der Waals surface area (Å²) in [6, 6.07) is 0. The molecule has 0 aromatic heterocycles. The number of carbonyl (C=O) groups is 1. The summed E-state index contributed by atoms with van der Waals surface area (Å²) in [6.45, 7) is 1.20. The van der Waals surface area contributed by atoms with Crippen molar-refractivity contribution >= 4 is 37.6 Å². The lowest BCUT2D eigenvalue weighted by molar-refractivity contribution is -0.177. The number of hydrogen-bond acceptors (Lipinski definition) is 3.